The van der Waals surface area contributed by atoms with E-state index in [0.29, 0.717) is 45.1 Å². The van der Waals surface area contributed by atoms with Crippen LogP contribution in [-0.4, -0.2) is 55.0 Å². The third-order valence-electron chi connectivity index (χ3n) is 4.46. The molecule has 1 aliphatic heterocycles. The van der Waals surface area contributed by atoms with E-state index in [2.05, 4.69) is 4.72 Å². The van der Waals surface area contributed by atoms with Gasteiger partial charge in [-0.25, -0.2) is 0 Å². The van der Waals surface area contributed by atoms with Gasteiger partial charge in [0.25, 0.3) is 10.2 Å². The van der Waals surface area contributed by atoms with E-state index in [1.807, 2.05) is 0 Å². The number of ether oxygens (including phenoxy) is 1. The number of carboxylic acids is 1. The molecule has 0 radical (unpaired) electrons. The summed E-state index contributed by atoms with van der Waals surface area (Å²) in [6.45, 7) is 2.20. The third-order valence-corrected chi connectivity index (χ3v) is 6.15. The molecule has 23 heavy (non-hydrogen) atoms. The second-order valence-corrected chi connectivity index (χ2v) is 7.69. The maximum absolute atomic E-state index is 12.5. The number of esters is 1. The van der Waals surface area contributed by atoms with Crippen molar-refractivity contribution in [3.63, 3.8) is 0 Å². The number of carboxylic acid groups (broad SMARTS) is 1. The number of nitrogens with zero attached hydrogens (tertiary/aromatic N) is 1. The van der Waals surface area contributed by atoms with Crippen molar-refractivity contribution in [1.29, 1.82) is 0 Å². The minimum Gasteiger partial charge on any atom is -0.481 e. The molecular formula is C14H24N2O6S. The molecule has 1 aliphatic carbocycles. The molecule has 132 valence electrons. The highest BCUT2D eigenvalue weighted by molar-refractivity contribution is 7.87. The predicted molar refractivity (Wildman–Crippen MR) is 81.8 cm³/mol. The first-order chi connectivity index (χ1) is 10.8. The van der Waals surface area contributed by atoms with Crippen molar-refractivity contribution in [2.45, 2.75) is 57.5 Å². The summed E-state index contributed by atoms with van der Waals surface area (Å²) in [6, 6.07) is -1.04. The van der Waals surface area contributed by atoms with E-state index < -0.39 is 34.1 Å². The van der Waals surface area contributed by atoms with Gasteiger partial charge in [0.2, 0.25) is 0 Å². The van der Waals surface area contributed by atoms with Gasteiger partial charge in [-0.15, -0.1) is 0 Å². The lowest BCUT2D eigenvalue weighted by Gasteiger charge is -2.29. The van der Waals surface area contributed by atoms with Crippen molar-refractivity contribution in [1.82, 2.24) is 9.03 Å². The number of nitrogens with one attached hydrogen (secondary N) is 1. The summed E-state index contributed by atoms with van der Waals surface area (Å²) in [5, 5.41) is 8.98. The summed E-state index contributed by atoms with van der Waals surface area (Å²) in [5.74, 6) is -1.73. The van der Waals surface area contributed by atoms with Crippen molar-refractivity contribution in [3.05, 3.63) is 0 Å². The van der Waals surface area contributed by atoms with Crippen LogP contribution in [0.3, 0.4) is 0 Å². The highest BCUT2D eigenvalue weighted by Crippen LogP contribution is 2.27. The third kappa shape index (κ3) is 4.42. The molecule has 9 heteroatoms. The molecule has 1 saturated heterocycles. The molecule has 1 heterocycles. The maximum Gasteiger partial charge on any atom is 0.324 e. The van der Waals surface area contributed by atoms with Crippen LogP contribution in [0, 0.1) is 5.92 Å². The Labute approximate surface area is 136 Å². The minimum absolute atomic E-state index is 0.218. The van der Waals surface area contributed by atoms with Gasteiger partial charge in [0.05, 0.1) is 12.5 Å². The maximum atomic E-state index is 12.5. The zero-order valence-corrected chi connectivity index (χ0v) is 14.0. The molecule has 0 aromatic rings. The zero-order valence-electron chi connectivity index (χ0n) is 13.2. The van der Waals surface area contributed by atoms with Crippen molar-refractivity contribution in [2.75, 3.05) is 13.2 Å². The number of carbonyl (C=O) groups excluding carboxylic acids is 1. The van der Waals surface area contributed by atoms with E-state index in [9.17, 15) is 18.0 Å². The van der Waals surface area contributed by atoms with Gasteiger partial charge in [-0.05, 0) is 45.4 Å². The fourth-order valence-electron chi connectivity index (χ4n) is 3.24. The van der Waals surface area contributed by atoms with Crippen LogP contribution < -0.4 is 4.72 Å². The number of aliphatic carboxylic acids is 1. The molecule has 0 aromatic heterocycles. The Balaban J connectivity index is 1.96. The van der Waals surface area contributed by atoms with E-state index in [-0.39, 0.29) is 12.6 Å². The molecule has 8 nitrogen and oxygen atoms in total. The smallest absolute Gasteiger partial charge is 0.324 e. The summed E-state index contributed by atoms with van der Waals surface area (Å²) < 4.78 is 33.8. The van der Waals surface area contributed by atoms with Gasteiger partial charge in [-0.1, -0.05) is 0 Å². The van der Waals surface area contributed by atoms with E-state index in [4.69, 9.17) is 9.84 Å². The van der Waals surface area contributed by atoms with Gasteiger partial charge in [-0.2, -0.15) is 17.4 Å². The first-order valence-electron chi connectivity index (χ1n) is 8.03. The molecule has 2 rings (SSSR count). The number of rotatable bonds is 6. The van der Waals surface area contributed by atoms with E-state index in [1.165, 1.54) is 4.31 Å². The van der Waals surface area contributed by atoms with Crippen LogP contribution in [-0.2, 0) is 24.5 Å². The SMILES string of the molecule is CCOC(=O)C1CCCN1S(=O)(=O)NC1CCC(C(=O)O)CC1. The minimum atomic E-state index is -3.77. The van der Waals surface area contributed by atoms with Crippen molar-refractivity contribution < 1.29 is 27.9 Å². The van der Waals surface area contributed by atoms with E-state index in [0.717, 1.165) is 0 Å². The summed E-state index contributed by atoms with van der Waals surface area (Å²) in [5.41, 5.74) is 0. The van der Waals surface area contributed by atoms with Gasteiger partial charge < -0.3 is 9.84 Å². The highest BCUT2D eigenvalue weighted by Gasteiger charge is 2.40. The Kier molecular flexibility index (Phi) is 5.99. The second kappa shape index (κ2) is 7.59. The number of carbonyl (C=O) groups is 2. The number of hydrogen-bond donors (Lipinski definition) is 2. The largest absolute Gasteiger partial charge is 0.481 e. The van der Waals surface area contributed by atoms with Gasteiger partial charge in [-0.3, -0.25) is 9.59 Å². The Morgan fingerprint density at radius 2 is 1.87 bits per heavy atom. The van der Waals surface area contributed by atoms with Crippen LogP contribution in [0.1, 0.15) is 45.4 Å². The standard InChI is InChI=1S/C14H24N2O6S/c1-2-22-14(19)12-4-3-9-16(12)23(20,21)15-11-7-5-10(6-8-11)13(17)18/h10-12,15H,2-9H2,1H3,(H,17,18). The van der Waals surface area contributed by atoms with Crippen LogP contribution >= 0.6 is 0 Å². The average Bonchev–Trinajstić information content (AvgIpc) is 2.98. The lowest BCUT2D eigenvalue weighted by atomic mass is 9.87. The van der Waals surface area contributed by atoms with E-state index in [1.54, 1.807) is 6.92 Å². The zero-order chi connectivity index (χ0) is 17.0. The topological polar surface area (TPSA) is 113 Å². The lowest BCUT2D eigenvalue weighted by molar-refractivity contribution is -0.147. The van der Waals surface area contributed by atoms with Crippen LogP contribution in [0.25, 0.3) is 0 Å². The fraction of sp³-hybridized carbons (Fsp3) is 0.857. The molecule has 0 bridgehead atoms. The van der Waals surface area contributed by atoms with Crippen molar-refractivity contribution in [3.8, 4) is 0 Å². The summed E-state index contributed by atoms with van der Waals surface area (Å²) in [4.78, 5) is 22.8. The van der Waals surface area contributed by atoms with Gasteiger partial charge >= 0.3 is 11.9 Å². The molecule has 1 saturated carbocycles. The molecule has 1 unspecified atom stereocenters. The Bertz CT molecular complexity index is 541. The number of hydrogen-bond acceptors (Lipinski definition) is 5. The van der Waals surface area contributed by atoms with Crippen LogP contribution in [0.2, 0.25) is 0 Å². The normalized spacial score (nSPS) is 29.3. The molecule has 1 atom stereocenters. The summed E-state index contributed by atoms with van der Waals surface area (Å²) in [7, 11) is -3.77. The van der Waals surface area contributed by atoms with Crippen molar-refractivity contribution >= 4 is 22.1 Å². The quantitative estimate of drug-likeness (QED) is 0.676. The van der Waals surface area contributed by atoms with Gasteiger partial charge in [0, 0.05) is 12.6 Å². The summed E-state index contributed by atoms with van der Waals surface area (Å²) >= 11 is 0. The van der Waals surface area contributed by atoms with Crippen LogP contribution in [0.4, 0.5) is 0 Å². The molecule has 2 fully saturated rings. The molecule has 0 amide bonds. The summed E-state index contributed by atoms with van der Waals surface area (Å²) in [6.07, 6.45) is 3.00. The molecule has 2 aliphatic rings. The first kappa shape index (κ1) is 18.2. The second-order valence-electron chi connectivity index (χ2n) is 6.03. The van der Waals surface area contributed by atoms with Crippen molar-refractivity contribution in [2.24, 2.45) is 5.92 Å². The Morgan fingerprint density at radius 1 is 1.22 bits per heavy atom. The first-order valence-corrected chi connectivity index (χ1v) is 9.47. The monoisotopic (exact) mass is 348 g/mol. The molecule has 0 aromatic carbocycles. The molecule has 0 spiro atoms. The highest BCUT2D eigenvalue weighted by atomic mass is 32.2. The van der Waals surface area contributed by atoms with Crippen LogP contribution in [0.15, 0.2) is 0 Å². The fourth-order valence-corrected chi connectivity index (χ4v) is 4.93. The van der Waals surface area contributed by atoms with Crippen LogP contribution in [0.5, 0.6) is 0 Å². The lowest BCUT2D eigenvalue weighted by Crippen LogP contribution is -2.50. The molecular weight excluding hydrogens is 324 g/mol. The van der Waals surface area contributed by atoms with Gasteiger partial charge in [0.15, 0.2) is 0 Å². The predicted octanol–water partition coefficient (Wildman–Crippen LogP) is 0.492. The Morgan fingerprint density at radius 3 is 2.43 bits per heavy atom. The Hall–Kier alpha value is -1.19. The average molecular weight is 348 g/mol. The van der Waals surface area contributed by atoms with Gasteiger partial charge in [0.1, 0.15) is 6.04 Å². The molecule has 2 N–H and O–H groups in total. The van der Waals surface area contributed by atoms with E-state index >= 15 is 0 Å².